The largest absolute Gasteiger partial charge is 0.497 e. The van der Waals surface area contributed by atoms with Gasteiger partial charge in [-0.15, -0.1) is 11.8 Å². The average Bonchev–Trinajstić information content (AvgIpc) is 3.26. The first-order chi connectivity index (χ1) is 14.1. The van der Waals surface area contributed by atoms with Crippen LogP contribution < -0.4 is 10.3 Å². The van der Waals surface area contributed by atoms with E-state index in [4.69, 9.17) is 9.26 Å². The monoisotopic (exact) mass is 410 g/mol. The summed E-state index contributed by atoms with van der Waals surface area (Å²) in [5.41, 5.74) is 2.96. The molecule has 3 heterocycles. The molecule has 7 nitrogen and oxygen atoms in total. The first kappa shape index (κ1) is 18.1. The van der Waals surface area contributed by atoms with Crippen LogP contribution in [0.5, 0.6) is 5.75 Å². The van der Waals surface area contributed by atoms with Crippen molar-refractivity contribution in [3.05, 3.63) is 52.3 Å². The molecule has 8 heteroatoms. The lowest BCUT2D eigenvalue weighted by molar-refractivity contribution is -0.140. The minimum Gasteiger partial charge on any atom is -0.497 e. The van der Waals surface area contributed by atoms with E-state index in [0.29, 0.717) is 23.1 Å². The lowest BCUT2D eigenvalue weighted by atomic mass is 10.0. The van der Waals surface area contributed by atoms with Crippen molar-refractivity contribution in [3.63, 3.8) is 0 Å². The van der Waals surface area contributed by atoms with Crippen molar-refractivity contribution in [1.82, 2.24) is 9.72 Å². The van der Waals surface area contributed by atoms with E-state index in [0.717, 1.165) is 40.3 Å². The summed E-state index contributed by atoms with van der Waals surface area (Å²) in [6.45, 7) is 0. The first-order valence-corrected chi connectivity index (χ1v) is 10.3. The Bertz CT molecular complexity index is 1160. The van der Waals surface area contributed by atoms with Crippen LogP contribution in [-0.2, 0) is 4.79 Å². The number of fused-ring (bicyclic) bond motifs is 1. The zero-order valence-electron chi connectivity index (χ0n) is 15.6. The summed E-state index contributed by atoms with van der Waals surface area (Å²) in [5.74, 6) is 0.986. The van der Waals surface area contributed by atoms with Gasteiger partial charge in [0.25, 0.3) is 5.56 Å². The van der Waals surface area contributed by atoms with Crippen molar-refractivity contribution in [2.75, 3.05) is 12.9 Å². The highest BCUT2D eigenvalue weighted by atomic mass is 32.2. The molecule has 0 bridgehead atoms. The third-order valence-corrected chi connectivity index (χ3v) is 6.54. The molecule has 148 valence electrons. The summed E-state index contributed by atoms with van der Waals surface area (Å²) >= 11 is 1.44. The number of thioether (sulfide) groups is 1. The zero-order chi connectivity index (χ0) is 20.1. The Morgan fingerprint density at radius 1 is 1.28 bits per heavy atom. The van der Waals surface area contributed by atoms with Gasteiger partial charge in [-0.2, -0.15) is 0 Å². The Morgan fingerprint density at radius 3 is 2.69 bits per heavy atom. The predicted octanol–water partition coefficient (Wildman–Crippen LogP) is 3.79. The van der Waals surface area contributed by atoms with Crippen LogP contribution >= 0.6 is 11.8 Å². The zero-order valence-corrected chi connectivity index (χ0v) is 16.4. The fourth-order valence-corrected chi connectivity index (χ4v) is 5.14. The van der Waals surface area contributed by atoms with Gasteiger partial charge >= 0.3 is 5.97 Å². The number of nitrogens with zero attached hydrogens (tertiary/aromatic N) is 2. The molecule has 1 aromatic carbocycles. The van der Waals surface area contributed by atoms with E-state index in [9.17, 15) is 14.7 Å². The van der Waals surface area contributed by atoms with Crippen LogP contribution in [0.2, 0.25) is 0 Å². The molecule has 0 amide bonds. The van der Waals surface area contributed by atoms with Crippen LogP contribution in [0.25, 0.3) is 22.6 Å². The highest BCUT2D eigenvalue weighted by Gasteiger charge is 2.38. The van der Waals surface area contributed by atoms with Crippen LogP contribution in [0, 0.1) is 0 Å². The Hall–Kier alpha value is -3.00. The minimum atomic E-state index is -0.977. The fraction of sp³-hybridized carbons (Fsp3) is 0.286. The molecule has 1 aliphatic heterocycles. The van der Waals surface area contributed by atoms with Crippen LogP contribution in [0.4, 0.5) is 0 Å². The number of rotatable bonds is 5. The van der Waals surface area contributed by atoms with Crippen molar-refractivity contribution in [2.45, 2.75) is 29.8 Å². The molecule has 1 unspecified atom stereocenters. The van der Waals surface area contributed by atoms with Crippen LogP contribution in [0.1, 0.15) is 30.4 Å². The van der Waals surface area contributed by atoms with Gasteiger partial charge in [-0.3, -0.25) is 9.36 Å². The smallest absolute Gasteiger partial charge is 0.327 e. The molecular weight excluding hydrogens is 392 g/mol. The minimum absolute atomic E-state index is 0.320. The molecule has 0 radical (unpaired) electrons. The van der Waals surface area contributed by atoms with Gasteiger partial charge in [0.15, 0.2) is 5.76 Å². The summed E-state index contributed by atoms with van der Waals surface area (Å²) in [7, 11) is 1.61. The first-order valence-electron chi connectivity index (χ1n) is 9.33. The van der Waals surface area contributed by atoms with E-state index in [2.05, 4.69) is 5.16 Å². The summed E-state index contributed by atoms with van der Waals surface area (Å²) in [4.78, 5) is 24.3. The van der Waals surface area contributed by atoms with E-state index < -0.39 is 12.0 Å². The number of methoxy groups -OCH3 is 1. The SMILES string of the molecule is COc1ccc(-c2cc(-c3cc(=O)n4c(c3C3CC3)SCC4C(=O)O)on2)cc1. The summed E-state index contributed by atoms with van der Waals surface area (Å²) in [6.07, 6.45) is 2.05. The van der Waals surface area contributed by atoms with E-state index in [-0.39, 0.29) is 5.56 Å². The number of aromatic nitrogens is 2. The molecule has 0 spiro atoms. The van der Waals surface area contributed by atoms with Crippen LogP contribution in [0.15, 0.2) is 50.7 Å². The number of carbonyl (C=O) groups is 1. The topological polar surface area (TPSA) is 94.6 Å². The second-order valence-electron chi connectivity index (χ2n) is 7.23. The summed E-state index contributed by atoms with van der Waals surface area (Å²) in [6, 6.07) is 10.00. The molecule has 1 atom stereocenters. The van der Waals surface area contributed by atoms with Gasteiger partial charge in [-0.25, -0.2) is 4.79 Å². The normalized spacial score (nSPS) is 17.9. The van der Waals surface area contributed by atoms with Gasteiger partial charge in [0.1, 0.15) is 17.5 Å². The van der Waals surface area contributed by atoms with Gasteiger partial charge in [0, 0.05) is 29.0 Å². The molecule has 1 N–H and O–H groups in total. The van der Waals surface area contributed by atoms with Gasteiger partial charge in [0.05, 0.1) is 12.1 Å². The fourth-order valence-electron chi connectivity index (χ4n) is 3.74. The Kier molecular flexibility index (Phi) is 4.24. The number of ether oxygens (including phenoxy) is 1. The quantitative estimate of drug-likeness (QED) is 0.684. The Morgan fingerprint density at radius 2 is 2.03 bits per heavy atom. The maximum atomic E-state index is 12.8. The highest BCUT2D eigenvalue weighted by molar-refractivity contribution is 7.99. The number of aliphatic carboxylic acids is 1. The van der Waals surface area contributed by atoms with Crippen molar-refractivity contribution in [3.8, 4) is 28.3 Å². The van der Waals surface area contributed by atoms with Crippen molar-refractivity contribution in [2.24, 2.45) is 0 Å². The molecule has 3 aromatic rings. The molecule has 0 saturated heterocycles. The van der Waals surface area contributed by atoms with Crippen molar-refractivity contribution in [1.29, 1.82) is 0 Å². The molecule has 29 heavy (non-hydrogen) atoms. The molecule has 2 aromatic heterocycles. The van der Waals surface area contributed by atoms with Crippen molar-refractivity contribution >= 4 is 17.7 Å². The number of hydrogen-bond acceptors (Lipinski definition) is 6. The van der Waals surface area contributed by atoms with E-state index in [1.807, 2.05) is 30.3 Å². The predicted molar refractivity (Wildman–Crippen MR) is 108 cm³/mol. The highest BCUT2D eigenvalue weighted by Crippen LogP contribution is 2.50. The average molecular weight is 410 g/mol. The summed E-state index contributed by atoms with van der Waals surface area (Å²) < 4.78 is 12.2. The summed E-state index contributed by atoms with van der Waals surface area (Å²) in [5, 5.41) is 14.4. The Labute approximate surface area is 170 Å². The number of benzene rings is 1. The maximum absolute atomic E-state index is 12.8. The molecule has 1 saturated carbocycles. The van der Waals surface area contributed by atoms with E-state index >= 15 is 0 Å². The lowest BCUT2D eigenvalue weighted by Crippen LogP contribution is -2.29. The number of pyridine rings is 1. The number of carboxylic acids is 1. The maximum Gasteiger partial charge on any atom is 0.327 e. The van der Waals surface area contributed by atoms with Crippen LogP contribution in [-0.4, -0.2) is 33.7 Å². The molecule has 1 aliphatic carbocycles. The van der Waals surface area contributed by atoms with Gasteiger partial charge in [0.2, 0.25) is 0 Å². The molecular formula is C21H18N2O5S. The third-order valence-electron chi connectivity index (χ3n) is 5.37. The standard InChI is InChI=1S/C21H18N2O5S/c1-27-13-6-4-11(5-7-13)15-9-17(28-22-15)14-8-18(24)23-16(21(25)26)10-29-20(23)19(14)12-2-3-12/h4-9,12,16H,2-3,10H2,1H3,(H,25,26). The molecule has 5 rings (SSSR count). The van der Waals surface area contributed by atoms with E-state index in [1.165, 1.54) is 22.4 Å². The van der Waals surface area contributed by atoms with Gasteiger partial charge < -0.3 is 14.4 Å². The van der Waals surface area contributed by atoms with Crippen LogP contribution in [0.3, 0.4) is 0 Å². The van der Waals surface area contributed by atoms with Gasteiger partial charge in [-0.1, -0.05) is 5.16 Å². The lowest BCUT2D eigenvalue weighted by Gasteiger charge is -2.14. The number of carboxylic acid groups (broad SMARTS) is 1. The van der Waals surface area contributed by atoms with E-state index in [1.54, 1.807) is 7.11 Å². The van der Waals surface area contributed by atoms with Crippen molar-refractivity contribution < 1.29 is 19.2 Å². The second kappa shape index (κ2) is 6.81. The second-order valence-corrected chi connectivity index (χ2v) is 8.24. The third kappa shape index (κ3) is 3.04. The molecule has 2 aliphatic rings. The Balaban J connectivity index is 1.60. The number of hydrogen-bond donors (Lipinski definition) is 1. The van der Waals surface area contributed by atoms with Gasteiger partial charge in [-0.05, 0) is 48.6 Å². The molecule has 1 fully saturated rings.